The number of nitrogens with two attached hydrogens (primary N) is 1. The number of hydrogen-bond donors (Lipinski definition) is 1. The molecule has 2 N–H and O–H groups in total. The Morgan fingerprint density at radius 1 is 1.19 bits per heavy atom. The normalized spacial score (nSPS) is 10.3. The number of ether oxygens (including phenoxy) is 2. The standard InChI is InChI=1S/C15H13BrFNO3/c1-20-9-6-11(16)14(13(7-9)21-2)15(19)10-5-8(18)3-4-12(10)17/h3-7H,18H2,1-2H3. The van der Waals surface area contributed by atoms with Crippen LogP contribution in [-0.4, -0.2) is 20.0 Å². The highest BCUT2D eigenvalue weighted by atomic mass is 79.9. The smallest absolute Gasteiger partial charge is 0.200 e. The van der Waals surface area contributed by atoms with E-state index in [1.54, 1.807) is 12.1 Å². The molecule has 0 radical (unpaired) electrons. The van der Waals surface area contributed by atoms with Crippen LogP contribution in [0.15, 0.2) is 34.8 Å². The van der Waals surface area contributed by atoms with Crippen molar-refractivity contribution in [3.05, 3.63) is 51.7 Å². The first-order chi connectivity index (χ1) is 9.97. The molecule has 2 aromatic rings. The van der Waals surface area contributed by atoms with Gasteiger partial charge in [0.2, 0.25) is 5.78 Å². The van der Waals surface area contributed by atoms with E-state index < -0.39 is 11.6 Å². The Kier molecular flexibility index (Phi) is 4.47. The molecule has 0 bridgehead atoms. The molecule has 0 spiro atoms. The quantitative estimate of drug-likeness (QED) is 0.675. The fraction of sp³-hybridized carbons (Fsp3) is 0.133. The summed E-state index contributed by atoms with van der Waals surface area (Å²) in [6.45, 7) is 0. The molecule has 2 aromatic carbocycles. The Labute approximate surface area is 129 Å². The average Bonchev–Trinajstić information content (AvgIpc) is 2.48. The number of hydrogen-bond acceptors (Lipinski definition) is 4. The fourth-order valence-corrected chi connectivity index (χ4v) is 2.51. The Morgan fingerprint density at radius 2 is 1.90 bits per heavy atom. The van der Waals surface area contributed by atoms with Crippen molar-refractivity contribution in [3.8, 4) is 11.5 Å². The lowest BCUT2D eigenvalue weighted by atomic mass is 10.0. The zero-order valence-corrected chi connectivity index (χ0v) is 13.0. The number of halogens is 2. The second kappa shape index (κ2) is 6.13. The molecule has 110 valence electrons. The Morgan fingerprint density at radius 3 is 2.52 bits per heavy atom. The maximum absolute atomic E-state index is 13.9. The van der Waals surface area contributed by atoms with E-state index in [0.717, 1.165) is 6.07 Å². The van der Waals surface area contributed by atoms with Crippen molar-refractivity contribution >= 4 is 27.4 Å². The molecule has 4 nitrogen and oxygen atoms in total. The molecular weight excluding hydrogens is 341 g/mol. The second-order valence-electron chi connectivity index (χ2n) is 4.25. The van der Waals surface area contributed by atoms with Crippen molar-refractivity contribution in [2.45, 2.75) is 0 Å². The van der Waals surface area contributed by atoms with Gasteiger partial charge in [-0.25, -0.2) is 4.39 Å². The molecule has 6 heteroatoms. The van der Waals surface area contributed by atoms with Crippen molar-refractivity contribution in [1.82, 2.24) is 0 Å². The number of anilines is 1. The van der Waals surface area contributed by atoms with Crippen molar-refractivity contribution in [2.75, 3.05) is 20.0 Å². The second-order valence-corrected chi connectivity index (χ2v) is 5.11. The van der Waals surface area contributed by atoms with Gasteiger partial charge in [-0.2, -0.15) is 0 Å². The molecule has 2 rings (SSSR count). The zero-order chi connectivity index (χ0) is 15.6. The van der Waals surface area contributed by atoms with Crippen LogP contribution < -0.4 is 15.2 Å². The number of carbonyl (C=O) groups excluding carboxylic acids is 1. The van der Waals surface area contributed by atoms with E-state index in [-0.39, 0.29) is 16.9 Å². The van der Waals surface area contributed by atoms with E-state index in [4.69, 9.17) is 15.2 Å². The number of nitrogen functional groups attached to an aromatic ring is 1. The SMILES string of the molecule is COc1cc(Br)c(C(=O)c2cc(N)ccc2F)c(OC)c1. The molecule has 0 aliphatic carbocycles. The summed E-state index contributed by atoms with van der Waals surface area (Å²) in [5.74, 6) is -0.360. The Bertz CT molecular complexity index is 704. The van der Waals surface area contributed by atoms with Gasteiger partial charge in [-0.3, -0.25) is 4.79 Å². The number of rotatable bonds is 4. The van der Waals surface area contributed by atoms with Crippen LogP contribution in [-0.2, 0) is 0 Å². The van der Waals surface area contributed by atoms with Crippen LogP contribution in [0.3, 0.4) is 0 Å². The van der Waals surface area contributed by atoms with Gasteiger partial charge in [-0.15, -0.1) is 0 Å². The van der Waals surface area contributed by atoms with Crippen molar-refractivity contribution in [3.63, 3.8) is 0 Å². The molecule has 0 aliphatic rings. The molecule has 0 heterocycles. The number of ketones is 1. The summed E-state index contributed by atoms with van der Waals surface area (Å²) >= 11 is 3.29. The van der Waals surface area contributed by atoms with Crippen LogP contribution in [0.1, 0.15) is 15.9 Å². The molecule has 0 aliphatic heterocycles. The van der Waals surface area contributed by atoms with Gasteiger partial charge in [0.05, 0.1) is 25.3 Å². The van der Waals surface area contributed by atoms with Gasteiger partial charge in [0.1, 0.15) is 17.3 Å². The predicted molar refractivity (Wildman–Crippen MR) is 81.5 cm³/mol. The summed E-state index contributed by atoms with van der Waals surface area (Å²) in [6, 6.07) is 7.02. The summed E-state index contributed by atoms with van der Waals surface area (Å²) in [7, 11) is 2.92. The summed E-state index contributed by atoms with van der Waals surface area (Å²) < 4.78 is 24.6. The molecule has 0 atom stereocenters. The third kappa shape index (κ3) is 3.00. The maximum atomic E-state index is 13.9. The zero-order valence-electron chi connectivity index (χ0n) is 11.4. The minimum Gasteiger partial charge on any atom is -0.497 e. The van der Waals surface area contributed by atoms with Crippen molar-refractivity contribution in [1.29, 1.82) is 0 Å². The van der Waals surface area contributed by atoms with E-state index >= 15 is 0 Å². The fourth-order valence-electron chi connectivity index (χ4n) is 1.91. The van der Waals surface area contributed by atoms with Gasteiger partial charge < -0.3 is 15.2 Å². The highest BCUT2D eigenvalue weighted by Crippen LogP contribution is 2.34. The minimum atomic E-state index is -0.640. The van der Waals surface area contributed by atoms with E-state index in [1.807, 2.05) is 0 Å². The average molecular weight is 354 g/mol. The third-order valence-electron chi connectivity index (χ3n) is 2.95. The first-order valence-electron chi connectivity index (χ1n) is 5.99. The van der Waals surface area contributed by atoms with E-state index in [0.29, 0.717) is 15.9 Å². The predicted octanol–water partition coefficient (Wildman–Crippen LogP) is 3.42. The Hall–Kier alpha value is -2.08. The molecule has 0 amide bonds. The van der Waals surface area contributed by atoms with Crippen LogP contribution >= 0.6 is 15.9 Å². The number of carbonyl (C=O) groups is 1. The largest absolute Gasteiger partial charge is 0.497 e. The lowest BCUT2D eigenvalue weighted by Crippen LogP contribution is -2.08. The van der Waals surface area contributed by atoms with Crippen LogP contribution in [0.5, 0.6) is 11.5 Å². The maximum Gasteiger partial charge on any atom is 0.200 e. The number of methoxy groups -OCH3 is 2. The van der Waals surface area contributed by atoms with Crippen LogP contribution in [0, 0.1) is 5.82 Å². The lowest BCUT2D eigenvalue weighted by Gasteiger charge is -2.12. The van der Waals surface area contributed by atoms with E-state index in [2.05, 4.69) is 15.9 Å². The van der Waals surface area contributed by atoms with E-state index in [9.17, 15) is 9.18 Å². The highest BCUT2D eigenvalue weighted by Gasteiger charge is 2.22. The molecule has 0 fully saturated rings. The summed E-state index contributed by atoms with van der Waals surface area (Å²) in [5.41, 5.74) is 6.02. The van der Waals surface area contributed by atoms with Crippen LogP contribution in [0.4, 0.5) is 10.1 Å². The minimum absolute atomic E-state index is 0.112. The first kappa shape index (κ1) is 15.3. The highest BCUT2D eigenvalue weighted by molar-refractivity contribution is 9.10. The summed E-state index contributed by atoms with van der Waals surface area (Å²) in [5, 5.41) is 0. The monoisotopic (exact) mass is 353 g/mol. The molecular formula is C15H13BrFNO3. The van der Waals surface area contributed by atoms with Gasteiger partial charge in [-0.05, 0) is 40.2 Å². The first-order valence-corrected chi connectivity index (χ1v) is 6.78. The Balaban J connectivity index is 2.60. The van der Waals surface area contributed by atoms with Crippen molar-refractivity contribution < 1.29 is 18.7 Å². The van der Waals surface area contributed by atoms with E-state index in [1.165, 1.54) is 26.4 Å². The van der Waals surface area contributed by atoms with Gasteiger partial charge in [0.15, 0.2) is 0 Å². The molecule has 0 aromatic heterocycles. The molecule has 0 saturated heterocycles. The van der Waals surface area contributed by atoms with Gasteiger partial charge >= 0.3 is 0 Å². The third-order valence-corrected chi connectivity index (χ3v) is 3.57. The van der Waals surface area contributed by atoms with Gasteiger partial charge in [0.25, 0.3) is 0 Å². The molecule has 21 heavy (non-hydrogen) atoms. The topological polar surface area (TPSA) is 61.5 Å². The number of benzene rings is 2. The summed E-state index contributed by atoms with van der Waals surface area (Å²) in [4.78, 5) is 12.6. The molecule has 0 unspecified atom stereocenters. The van der Waals surface area contributed by atoms with Crippen LogP contribution in [0.25, 0.3) is 0 Å². The van der Waals surface area contributed by atoms with Crippen LogP contribution in [0.2, 0.25) is 0 Å². The van der Waals surface area contributed by atoms with Gasteiger partial charge in [-0.1, -0.05) is 0 Å². The molecule has 0 saturated carbocycles. The lowest BCUT2D eigenvalue weighted by molar-refractivity contribution is 0.103. The van der Waals surface area contributed by atoms with Crippen molar-refractivity contribution in [2.24, 2.45) is 0 Å². The summed E-state index contributed by atoms with van der Waals surface area (Å²) in [6.07, 6.45) is 0. The van der Waals surface area contributed by atoms with Gasteiger partial charge in [0, 0.05) is 16.2 Å².